The molecule has 0 spiro atoms. The number of benzene rings is 1. The van der Waals surface area contributed by atoms with E-state index in [4.69, 9.17) is 0 Å². The average molecular weight is 421 g/mol. The predicted octanol–water partition coefficient (Wildman–Crippen LogP) is 4.35. The zero-order chi connectivity index (χ0) is 21.2. The second-order valence-electron chi connectivity index (χ2n) is 8.70. The summed E-state index contributed by atoms with van der Waals surface area (Å²) in [6.45, 7) is 6.11. The summed E-state index contributed by atoms with van der Waals surface area (Å²) in [7, 11) is 0. The SMILES string of the molecule is CC(C)=C1[C@H]2CC[C@H]1[C@@H]1C(=O)N(NC(=O)c3csc(C)c3-c3ccccc3)C(=O)[C@H]12. The van der Waals surface area contributed by atoms with Crippen LogP contribution in [0.5, 0.6) is 0 Å². The molecule has 154 valence electrons. The largest absolute Gasteiger partial charge is 0.272 e. The summed E-state index contributed by atoms with van der Waals surface area (Å²) in [5, 5.41) is 2.80. The summed E-state index contributed by atoms with van der Waals surface area (Å²) in [6.07, 6.45) is 1.91. The Kier molecular flexibility index (Phi) is 4.43. The fourth-order valence-corrected chi connectivity index (χ4v) is 6.71. The lowest BCUT2D eigenvalue weighted by molar-refractivity contribution is -0.143. The van der Waals surface area contributed by atoms with Crippen molar-refractivity contribution in [3.8, 4) is 11.1 Å². The number of thiophene rings is 1. The molecule has 30 heavy (non-hydrogen) atoms. The number of allylic oxidation sites excluding steroid dienone is 2. The molecule has 2 aromatic rings. The molecule has 5 nitrogen and oxygen atoms in total. The number of nitrogens with one attached hydrogen (secondary N) is 1. The standard InChI is InChI=1S/C24H24N2O3S/c1-12(2)18-15-9-10-16(18)21-20(15)23(28)26(24(21)29)25-22(27)17-11-30-13(3)19(17)14-7-5-4-6-8-14/h4-8,11,15-16,20-21H,9-10H2,1-3H3,(H,25,27)/t15-,16-,20+,21+/m1/s1. The van der Waals surface area contributed by atoms with Crippen LogP contribution in [0.4, 0.5) is 0 Å². The molecule has 5 rings (SSSR count). The first kappa shape index (κ1) is 19.2. The Morgan fingerprint density at radius 3 is 2.20 bits per heavy atom. The van der Waals surface area contributed by atoms with Crippen molar-refractivity contribution >= 4 is 29.1 Å². The molecule has 2 heterocycles. The fraction of sp³-hybridized carbons (Fsp3) is 0.375. The Bertz CT molecular complexity index is 1060. The third kappa shape index (κ3) is 2.63. The van der Waals surface area contributed by atoms with Gasteiger partial charge in [-0.05, 0) is 51.0 Å². The van der Waals surface area contributed by atoms with Gasteiger partial charge in [0.25, 0.3) is 17.7 Å². The lowest BCUT2D eigenvalue weighted by Crippen LogP contribution is -2.47. The molecule has 2 aliphatic carbocycles. The zero-order valence-electron chi connectivity index (χ0n) is 17.3. The molecular weight excluding hydrogens is 396 g/mol. The molecule has 1 aromatic heterocycles. The highest BCUT2D eigenvalue weighted by Crippen LogP contribution is 2.59. The highest BCUT2D eigenvalue weighted by molar-refractivity contribution is 7.10. The molecule has 4 atom stereocenters. The van der Waals surface area contributed by atoms with Gasteiger partial charge < -0.3 is 0 Å². The Labute approximate surface area is 179 Å². The van der Waals surface area contributed by atoms with Gasteiger partial charge in [-0.2, -0.15) is 5.01 Å². The van der Waals surface area contributed by atoms with Crippen LogP contribution in [0.3, 0.4) is 0 Å². The number of amides is 3. The first-order valence-corrected chi connectivity index (χ1v) is 11.3. The van der Waals surface area contributed by atoms with E-state index in [1.54, 1.807) is 5.38 Å². The second-order valence-corrected chi connectivity index (χ2v) is 9.78. The minimum Gasteiger partial charge on any atom is -0.272 e. The number of aryl methyl sites for hydroxylation is 1. The predicted molar refractivity (Wildman–Crippen MR) is 115 cm³/mol. The van der Waals surface area contributed by atoms with E-state index in [0.717, 1.165) is 33.9 Å². The normalized spacial score (nSPS) is 27.0. The summed E-state index contributed by atoms with van der Waals surface area (Å²) in [5.74, 6) is -1.26. The van der Waals surface area contributed by atoms with Gasteiger partial charge in [-0.1, -0.05) is 41.5 Å². The maximum atomic E-state index is 13.2. The molecule has 1 aliphatic heterocycles. The minimum absolute atomic E-state index is 0.145. The lowest BCUT2D eigenvalue weighted by atomic mass is 9.81. The van der Waals surface area contributed by atoms with Gasteiger partial charge in [-0.25, -0.2) is 0 Å². The summed E-state index contributed by atoms with van der Waals surface area (Å²) < 4.78 is 0. The van der Waals surface area contributed by atoms with E-state index >= 15 is 0 Å². The second kappa shape index (κ2) is 6.91. The fourth-order valence-electron chi connectivity index (χ4n) is 5.85. The van der Waals surface area contributed by atoms with Gasteiger partial charge in [-0.3, -0.25) is 19.8 Å². The minimum atomic E-state index is -0.408. The summed E-state index contributed by atoms with van der Waals surface area (Å²) in [4.78, 5) is 40.4. The maximum Gasteiger partial charge on any atom is 0.271 e. The molecule has 2 saturated carbocycles. The van der Waals surface area contributed by atoms with Crippen LogP contribution in [-0.2, 0) is 9.59 Å². The molecule has 1 saturated heterocycles. The van der Waals surface area contributed by atoms with Gasteiger partial charge in [0.1, 0.15) is 0 Å². The summed E-state index contributed by atoms with van der Waals surface area (Å²) in [5.41, 5.74) is 7.47. The smallest absolute Gasteiger partial charge is 0.271 e. The van der Waals surface area contributed by atoms with Crippen LogP contribution in [0, 0.1) is 30.6 Å². The number of hydrogen-bond acceptors (Lipinski definition) is 4. The quantitative estimate of drug-likeness (QED) is 0.593. The van der Waals surface area contributed by atoms with Crippen molar-refractivity contribution in [2.45, 2.75) is 33.6 Å². The molecule has 2 bridgehead atoms. The number of rotatable bonds is 3. The number of carbonyl (C=O) groups is 3. The molecule has 3 amide bonds. The molecule has 3 fully saturated rings. The Hall–Kier alpha value is -2.73. The van der Waals surface area contributed by atoms with Crippen molar-refractivity contribution in [1.82, 2.24) is 10.4 Å². The average Bonchev–Trinajstić information content (AvgIpc) is 3.46. The van der Waals surface area contributed by atoms with Crippen LogP contribution >= 0.6 is 11.3 Å². The maximum absolute atomic E-state index is 13.2. The van der Waals surface area contributed by atoms with E-state index < -0.39 is 5.91 Å². The number of hydrogen-bond donors (Lipinski definition) is 1. The van der Waals surface area contributed by atoms with E-state index in [9.17, 15) is 14.4 Å². The molecule has 0 unspecified atom stereocenters. The van der Waals surface area contributed by atoms with Gasteiger partial charge in [0.05, 0.1) is 17.4 Å². The Morgan fingerprint density at radius 2 is 1.63 bits per heavy atom. The molecule has 1 aromatic carbocycles. The first-order chi connectivity index (χ1) is 14.4. The monoisotopic (exact) mass is 420 g/mol. The van der Waals surface area contributed by atoms with Gasteiger partial charge in [0.15, 0.2) is 0 Å². The van der Waals surface area contributed by atoms with Crippen molar-refractivity contribution in [2.24, 2.45) is 23.7 Å². The molecular formula is C24H24N2O3S. The number of hydrazine groups is 1. The Balaban J connectivity index is 1.43. The third-order valence-corrected chi connectivity index (χ3v) is 7.84. The number of nitrogens with zero attached hydrogens (tertiary/aromatic N) is 1. The summed E-state index contributed by atoms with van der Waals surface area (Å²) in [6, 6.07) is 9.71. The van der Waals surface area contributed by atoms with Crippen LogP contribution in [0.2, 0.25) is 0 Å². The van der Waals surface area contributed by atoms with Crippen LogP contribution in [0.25, 0.3) is 11.1 Å². The van der Waals surface area contributed by atoms with Crippen molar-refractivity contribution < 1.29 is 14.4 Å². The lowest BCUT2D eigenvalue weighted by Gasteiger charge is -2.19. The van der Waals surface area contributed by atoms with Gasteiger partial charge in [-0.15, -0.1) is 11.3 Å². The van der Waals surface area contributed by atoms with Gasteiger partial charge in [0.2, 0.25) is 0 Å². The zero-order valence-corrected chi connectivity index (χ0v) is 18.1. The van der Waals surface area contributed by atoms with Crippen LogP contribution in [0.1, 0.15) is 41.9 Å². The van der Waals surface area contributed by atoms with Crippen LogP contribution in [0.15, 0.2) is 46.9 Å². The van der Waals surface area contributed by atoms with E-state index in [1.165, 1.54) is 22.5 Å². The van der Waals surface area contributed by atoms with E-state index in [2.05, 4.69) is 19.3 Å². The van der Waals surface area contributed by atoms with E-state index in [1.807, 2.05) is 37.3 Å². The third-order valence-electron chi connectivity index (χ3n) is 6.93. The van der Waals surface area contributed by atoms with Gasteiger partial charge >= 0.3 is 0 Å². The molecule has 3 aliphatic rings. The number of imide groups is 1. The van der Waals surface area contributed by atoms with Gasteiger partial charge in [0, 0.05) is 15.8 Å². The van der Waals surface area contributed by atoms with Crippen molar-refractivity contribution in [3.05, 3.63) is 57.3 Å². The molecule has 0 radical (unpaired) electrons. The van der Waals surface area contributed by atoms with Crippen LogP contribution < -0.4 is 5.43 Å². The Morgan fingerprint density at radius 1 is 1.03 bits per heavy atom. The first-order valence-electron chi connectivity index (χ1n) is 10.4. The van der Waals surface area contributed by atoms with Crippen molar-refractivity contribution in [1.29, 1.82) is 0 Å². The highest BCUT2D eigenvalue weighted by Gasteiger charge is 2.63. The highest BCUT2D eigenvalue weighted by atomic mass is 32.1. The molecule has 1 N–H and O–H groups in total. The van der Waals surface area contributed by atoms with E-state index in [0.29, 0.717) is 5.56 Å². The van der Waals surface area contributed by atoms with Crippen molar-refractivity contribution in [2.75, 3.05) is 0 Å². The van der Waals surface area contributed by atoms with Crippen LogP contribution in [-0.4, -0.2) is 22.7 Å². The summed E-state index contributed by atoms with van der Waals surface area (Å²) >= 11 is 1.49. The topological polar surface area (TPSA) is 66.5 Å². The van der Waals surface area contributed by atoms with E-state index in [-0.39, 0.29) is 35.5 Å². The number of carbonyl (C=O) groups excluding carboxylic acids is 3. The number of fused-ring (bicyclic) bond motifs is 5. The molecule has 6 heteroatoms. The van der Waals surface area contributed by atoms with Crippen molar-refractivity contribution in [3.63, 3.8) is 0 Å².